The highest BCUT2D eigenvalue weighted by Crippen LogP contribution is 2.19. The van der Waals surface area contributed by atoms with Gasteiger partial charge in [0, 0.05) is 5.56 Å². The van der Waals surface area contributed by atoms with Crippen molar-refractivity contribution in [2.24, 2.45) is 5.73 Å². The van der Waals surface area contributed by atoms with Crippen LogP contribution in [0.3, 0.4) is 0 Å². The van der Waals surface area contributed by atoms with Gasteiger partial charge in [-0.1, -0.05) is 42.5 Å². The fraction of sp³-hybridized carbons (Fsp3) is 0.0667. The van der Waals surface area contributed by atoms with Crippen LogP contribution < -0.4 is 11.1 Å². The fourth-order valence-corrected chi connectivity index (χ4v) is 1.71. The number of amides is 2. The van der Waals surface area contributed by atoms with Crippen LogP contribution in [0.4, 0.5) is 0 Å². The number of carbonyl (C=O) groups excluding carboxylic acids is 2. The van der Waals surface area contributed by atoms with Crippen molar-refractivity contribution in [2.45, 2.75) is 0 Å². The highest BCUT2D eigenvalue weighted by Gasteiger charge is 2.06. The Morgan fingerprint density at radius 2 is 1.47 bits per heavy atom. The van der Waals surface area contributed by atoms with Crippen LogP contribution in [0.5, 0.6) is 0 Å². The summed E-state index contributed by atoms with van der Waals surface area (Å²) in [5.74, 6) is -0.868. The van der Waals surface area contributed by atoms with E-state index < -0.39 is 5.91 Å². The molecule has 0 atom stereocenters. The first-order chi connectivity index (χ1) is 9.16. The van der Waals surface area contributed by atoms with E-state index in [1.165, 1.54) is 0 Å². The van der Waals surface area contributed by atoms with E-state index in [9.17, 15) is 9.59 Å². The van der Waals surface area contributed by atoms with Crippen LogP contribution in [0, 0.1) is 0 Å². The molecule has 0 aliphatic rings. The van der Waals surface area contributed by atoms with Gasteiger partial charge in [0.2, 0.25) is 5.91 Å². The van der Waals surface area contributed by atoms with Crippen LogP contribution in [0.2, 0.25) is 0 Å². The second-order valence-corrected chi connectivity index (χ2v) is 4.09. The summed E-state index contributed by atoms with van der Waals surface area (Å²) in [6.45, 7) is -0.154. The summed E-state index contributed by atoms with van der Waals surface area (Å²) in [7, 11) is 0. The molecule has 0 aromatic heterocycles. The molecule has 19 heavy (non-hydrogen) atoms. The maximum absolute atomic E-state index is 11.7. The summed E-state index contributed by atoms with van der Waals surface area (Å²) >= 11 is 0. The Morgan fingerprint density at radius 3 is 2.05 bits per heavy atom. The largest absolute Gasteiger partial charge is 0.368 e. The summed E-state index contributed by atoms with van der Waals surface area (Å²) in [4.78, 5) is 22.3. The maximum Gasteiger partial charge on any atom is 0.251 e. The van der Waals surface area contributed by atoms with Gasteiger partial charge >= 0.3 is 0 Å². The highest BCUT2D eigenvalue weighted by atomic mass is 16.2. The molecule has 0 unspecified atom stereocenters. The van der Waals surface area contributed by atoms with Crippen molar-refractivity contribution in [3.8, 4) is 11.1 Å². The van der Waals surface area contributed by atoms with Gasteiger partial charge in [-0.3, -0.25) is 9.59 Å². The lowest BCUT2D eigenvalue weighted by Gasteiger charge is -2.05. The van der Waals surface area contributed by atoms with Crippen molar-refractivity contribution in [3.05, 3.63) is 60.2 Å². The van der Waals surface area contributed by atoms with Gasteiger partial charge in [0.15, 0.2) is 0 Å². The molecule has 0 saturated heterocycles. The third-order valence-electron chi connectivity index (χ3n) is 2.68. The van der Waals surface area contributed by atoms with Crippen molar-refractivity contribution < 1.29 is 9.59 Å². The summed E-state index contributed by atoms with van der Waals surface area (Å²) in [6, 6.07) is 17.1. The predicted molar refractivity (Wildman–Crippen MR) is 73.4 cm³/mol. The van der Waals surface area contributed by atoms with E-state index in [1.54, 1.807) is 12.1 Å². The molecule has 2 aromatic carbocycles. The zero-order chi connectivity index (χ0) is 13.7. The molecular weight excluding hydrogens is 240 g/mol. The normalized spacial score (nSPS) is 9.89. The predicted octanol–water partition coefficient (Wildman–Crippen LogP) is 1.57. The van der Waals surface area contributed by atoms with Crippen LogP contribution in [0.25, 0.3) is 11.1 Å². The molecule has 0 bridgehead atoms. The molecule has 0 heterocycles. The third-order valence-corrected chi connectivity index (χ3v) is 2.68. The number of benzene rings is 2. The number of primary amides is 1. The van der Waals surface area contributed by atoms with Crippen LogP contribution in [0.15, 0.2) is 54.6 Å². The first kappa shape index (κ1) is 12.8. The molecule has 2 aromatic rings. The number of hydrogen-bond acceptors (Lipinski definition) is 2. The smallest absolute Gasteiger partial charge is 0.251 e. The quantitative estimate of drug-likeness (QED) is 0.869. The Balaban J connectivity index is 2.10. The van der Waals surface area contributed by atoms with Crippen molar-refractivity contribution in [1.29, 1.82) is 0 Å². The summed E-state index contributed by atoms with van der Waals surface area (Å²) < 4.78 is 0. The van der Waals surface area contributed by atoms with E-state index in [0.29, 0.717) is 5.56 Å². The summed E-state index contributed by atoms with van der Waals surface area (Å²) in [6.07, 6.45) is 0. The lowest BCUT2D eigenvalue weighted by molar-refractivity contribution is -0.117. The van der Waals surface area contributed by atoms with Gasteiger partial charge in [0.25, 0.3) is 5.91 Å². The fourth-order valence-electron chi connectivity index (χ4n) is 1.71. The Bertz CT molecular complexity index is 577. The molecule has 0 fully saturated rings. The number of hydrogen-bond donors (Lipinski definition) is 2. The lowest BCUT2D eigenvalue weighted by atomic mass is 10.0. The SMILES string of the molecule is NC(=O)CNC(=O)c1ccc(-c2ccccc2)cc1. The third kappa shape index (κ3) is 3.42. The molecule has 96 valence electrons. The molecule has 0 saturated carbocycles. The van der Waals surface area contributed by atoms with Crippen LogP contribution >= 0.6 is 0 Å². The minimum Gasteiger partial charge on any atom is -0.368 e. The number of nitrogens with two attached hydrogens (primary N) is 1. The van der Waals surface area contributed by atoms with Gasteiger partial charge in [-0.15, -0.1) is 0 Å². The Hall–Kier alpha value is -2.62. The van der Waals surface area contributed by atoms with Gasteiger partial charge in [-0.25, -0.2) is 0 Å². The monoisotopic (exact) mass is 254 g/mol. The first-order valence-corrected chi connectivity index (χ1v) is 5.89. The maximum atomic E-state index is 11.7. The minimum atomic E-state index is -0.561. The van der Waals surface area contributed by atoms with Crippen molar-refractivity contribution in [2.75, 3.05) is 6.54 Å². The van der Waals surface area contributed by atoms with Crippen LogP contribution in [0.1, 0.15) is 10.4 Å². The van der Waals surface area contributed by atoms with E-state index in [4.69, 9.17) is 5.73 Å². The van der Waals surface area contributed by atoms with Gasteiger partial charge in [-0.05, 0) is 23.3 Å². The molecule has 0 radical (unpaired) electrons. The Labute approximate surface area is 111 Å². The first-order valence-electron chi connectivity index (χ1n) is 5.89. The zero-order valence-electron chi connectivity index (χ0n) is 10.3. The summed E-state index contributed by atoms with van der Waals surface area (Å²) in [5, 5.41) is 2.44. The minimum absolute atomic E-state index is 0.154. The van der Waals surface area contributed by atoms with E-state index >= 15 is 0 Å². The van der Waals surface area contributed by atoms with Crippen molar-refractivity contribution in [3.63, 3.8) is 0 Å². The number of nitrogens with one attached hydrogen (secondary N) is 1. The van der Waals surface area contributed by atoms with Gasteiger partial charge < -0.3 is 11.1 Å². The average molecular weight is 254 g/mol. The average Bonchev–Trinajstić information content (AvgIpc) is 2.46. The lowest BCUT2D eigenvalue weighted by Crippen LogP contribution is -2.33. The molecule has 2 amide bonds. The second-order valence-electron chi connectivity index (χ2n) is 4.09. The van der Waals surface area contributed by atoms with Gasteiger partial charge in [-0.2, -0.15) is 0 Å². The van der Waals surface area contributed by atoms with Gasteiger partial charge in [0.05, 0.1) is 6.54 Å². The standard InChI is InChI=1S/C15H14N2O2/c16-14(18)10-17-15(19)13-8-6-12(7-9-13)11-4-2-1-3-5-11/h1-9H,10H2,(H2,16,18)(H,17,19). The molecular formula is C15H14N2O2. The topological polar surface area (TPSA) is 72.2 Å². The van der Waals surface area contributed by atoms with E-state index in [1.807, 2.05) is 42.5 Å². The van der Waals surface area contributed by atoms with Crippen LogP contribution in [-0.2, 0) is 4.79 Å². The summed E-state index contributed by atoms with van der Waals surface area (Å²) in [5.41, 5.74) is 7.59. The number of rotatable bonds is 4. The second kappa shape index (κ2) is 5.82. The Kier molecular flexibility index (Phi) is 3.93. The molecule has 3 N–H and O–H groups in total. The zero-order valence-corrected chi connectivity index (χ0v) is 10.3. The Morgan fingerprint density at radius 1 is 0.895 bits per heavy atom. The molecule has 4 heteroatoms. The van der Waals surface area contributed by atoms with Crippen molar-refractivity contribution in [1.82, 2.24) is 5.32 Å². The van der Waals surface area contributed by atoms with Crippen LogP contribution in [-0.4, -0.2) is 18.4 Å². The van der Waals surface area contributed by atoms with E-state index in [-0.39, 0.29) is 12.5 Å². The molecule has 0 spiro atoms. The van der Waals surface area contributed by atoms with Crippen molar-refractivity contribution >= 4 is 11.8 Å². The molecule has 2 rings (SSSR count). The van der Waals surface area contributed by atoms with Gasteiger partial charge in [0.1, 0.15) is 0 Å². The molecule has 0 aliphatic heterocycles. The number of carbonyl (C=O) groups is 2. The van der Waals surface area contributed by atoms with E-state index in [2.05, 4.69) is 5.32 Å². The molecule has 0 aliphatic carbocycles. The highest BCUT2D eigenvalue weighted by molar-refractivity contribution is 5.96. The molecule has 4 nitrogen and oxygen atoms in total. The van der Waals surface area contributed by atoms with E-state index in [0.717, 1.165) is 11.1 Å².